The third-order valence-corrected chi connectivity index (χ3v) is 3.98. The van der Waals surface area contributed by atoms with Crippen molar-refractivity contribution < 1.29 is 14.3 Å². The third-order valence-electron chi connectivity index (χ3n) is 3.13. The zero-order valence-corrected chi connectivity index (χ0v) is 14.6. The minimum Gasteiger partial charge on any atom is -0.465 e. The number of aromatic nitrogens is 2. The molecular weight excluding hydrogens is 326 g/mol. The van der Waals surface area contributed by atoms with E-state index in [9.17, 15) is 9.59 Å². The number of rotatable bonds is 6. The van der Waals surface area contributed by atoms with Crippen LogP contribution in [0, 0.1) is 13.8 Å². The van der Waals surface area contributed by atoms with Crippen LogP contribution in [0.15, 0.2) is 35.5 Å². The van der Waals surface area contributed by atoms with Crippen molar-refractivity contribution in [1.82, 2.24) is 9.97 Å². The highest BCUT2D eigenvalue weighted by atomic mass is 32.2. The SMILES string of the molecule is COC(=O)c1ccccc1NC(=O)CCSc1nc(C)cc(C)n1. The van der Waals surface area contributed by atoms with Gasteiger partial charge in [0.05, 0.1) is 18.4 Å². The van der Waals surface area contributed by atoms with E-state index in [0.29, 0.717) is 22.2 Å². The zero-order chi connectivity index (χ0) is 17.5. The number of nitrogens with zero attached hydrogens (tertiary/aromatic N) is 2. The van der Waals surface area contributed by atoms with Crippen molar-refractivity contribution in [2.75, 3.05) is 18.2 Å². The summed E-state index contributed by atoms with van der Waals surface area (Å²) in [6, 6.07) is 8.65. The number of benzene rings is 1. The summed E-state index contributed by atoms with van der Waals surface area (Å²) in [5, 5.41) is 3.40. The molecule has 24 heavy (non-hydrogen) atoms. The number of aryl methyl sites for hydroxylation is 2. The molecule has 0 unspecified atom stereocenters. The van der Waals surface area contributed by atoms with Crippen molar-refractivity contribution in [2.24, 2.45) is 0 Å². The minimum atomic E-state index is -0.482. The van der Waals surface area contributed by atoms with Gasteiger partial charge in [0, 0.05) is 23.6 Å². The number of esters is 1. The van der Waals surface area contributed by atoms with Crippen LogP contribution in [-0.4, -0.2) is 34.7 Å². The first-order valence-electron chi connectivity index (χ1n) is 7.42. The molecule has 0 radical (unpaired) electrons. The second kappa shape index (κ2) is 8.44. The van der Waals surface area contributed by atoms with Gasteiger partial charge in [-0.3, -0.25) is 4.79 Å². The Hall–Kier alpha value is -2.41. The number of carbonyl (C=O) groups excluding carboxylic acids is 2. The van der Waals surface area contributed by atoms with Crippen LogP contribution in [0.1, 0.15) is 28.2 Å². The lowest BCUT2D eigenvalue weighted by Gasteiger charge is -2.09. The van der Waals surface area contributed by atoms with E-state index in [2.05, 4.69) is 15.3 Å². The van der Waals surface area contributed by atoms with E-state index in [4.69, 9.17) is 4.74 Å². The van der Waals surface area contributed by atoms with Gasteiger partial charge in [-0.15, -0.1) is 0 Å². The maximum Gasteiger partial charge on any atom is 0.339 e. The van der Waals surface area contributed by atoms with Gasteiger partial charge >= 0.3 is 5.97 Å². The van der Waals surface area contributed by atoms with E-state index in [1.807, 2.05) is 19.9 Å². The number of nitrogens with one attached hydrogen (secondary N) is 1. The molecular formula is C17H19N3O3S. The second-order valence-corrected chi connectivity index (χ2v) is 6.18. The molecule has 1 aromatic heterocycles. The van der Waals surface area contributed by atoms with Crippen LogP contribution in [0.3, 0.4) is 0 Å². The van der Waals surface area contributed by atoms with Crippen molar-refractivity contribution in [3.8, 4) is 0 Å². The van der Waals surface area contributed by atoms with Gasteiger partial charge in [0.25, 0.3) is 0 Å². The molecule has 0 atom stereocenters. The first-order valence-corrected chi connectivity index (χ1v) is 8.40. The molecule has 0 bridgehead atoms. The number of thioether (sulfide) groups is 1. The standard InChI is InChI=1S/C17H19N3O3S/c1-11-10-12(2)19-17(18-11)24-9-8-15(21)20-14-7-5-4-6-13(14)16(22)23-3/h4-7,10H,8-9H2,1-3H3,(H,20,21). The molecule has 0 saturated heterocycles. The van der Waals surface area contributed by atoms with Crippen LogP contribution >= 0.6 is 11.8 Å². The Labute approximate surface area is 145 Å². The van der Waals surface area contributed by atoms with Gasteiger partial charge in [0.2, 0.25) is 5.91 Å². The lowest BCUT2D eigenvalue weighted by molar-refractivity contribution is -0.115. The third kappa shape index (κ3) is 5.06. The summed E-state index contributed by atoms with van der Waals surface area (Å²) < 4.78 is 4.71. The number of anilines is 1. The van der Waals surface area contributed by atoms with Gasteiger partial charge < -0.3 is 10.1 Å². The van der Waals surface area contributed by atoms with E-state index < -0.39 is 5.97 Å². The summed E-state index contributed by atoms with van der Waals surface area (Å²) in [5.41, 5.74) is 2.59. The molecule has 0 saturated carbocycles. The quantitative estimate of drug-likeness (QED) is 0.492. The van der Waals surface area contributed by atoms with Crippen LogP contribution in [0.25, 0.3) is 0 Å². The maximum absolute atomic E-state index is 12.1. The molecule has 2 aromatic rings. The molecule has 126 valence electrons. The molecule has 0 fully saturated rings. The van der Waals surface area contributed by atoms with Gasteiger partial charge in [0.1, 0.15) is 0 Å². The fourth-order valence-electron chi connectivity index (χ4n) is 2.09. The normalized spacial score (nSPS) is 10.3. The highest BCUT2D eigenvalue weighted by Gasteiger charge is 2.13. The minimum absolute atomic E-state index is 0.178. The van der Waals surface area contributed by atoms with Crippen molar-refractivity contribution in [2.45, 2.75) is 25.4 Å². The van der Waals surface area contributed by atoms with Crippen molar-refractivity contribution >= 4 is 29.3 Å². The number of hydrogen-bond acceptors (Lipinski definition) is 6. The zero-order valence-electron chi connectivity index (χ0n) is 13.8. The number of para-hydroxylation sites is 1. The summed E-state index contributed by atoms with van der Waals surface area (Å²) in [6.45, 7) is 3.82. The molecule has 1 N–H and O–H groups in total. The average Bonchev–Trinajstić information content (AvgIpc) is 2.53. The Morgan fingerprint density at radius 3 is 2.50 bits per heavy atom. The van der Waals surface area contributed by atoms with Crippen molar-refractivity contribution in [3.05, 3.63) is 47.3 Å². The molecule has 1 amide bonds. The molecule has 6 nitrogen and oxygen atoms in total. The summed E-state index contributed by atoms with van der Waals surface area (Å²) in [4.78, 5) is 32.4. The summed E-state index contributed by atoms with van der Waals surface area (Å²) >= 11 is 1.43. The summed E-state index contributed by atoms with van der Waals surface area (Å²) in [6.07, 6.45) is 0.288. The number of amides is 1. The van der Waals surface area contributed by atoms with Gasteiger partial charge in [-0.2, -0.15) is 0 Å². The summed E-state index contributed by atoms with van der Waals surface area (Å²) in [7, 11) is 1.31. The maximum atomic E-state index is 12.1. The first-order chi connectivity index (χ1) is 11.5. The number of carbonyl (C=O) groups is 2. The molecule has 0 aliphatic rings. The van der Waals surface area contributed by atoms with Crippen molar-refractivity contribution in [1.29, 1.82) is 0 Å². The predicted molar refractivity (Wildman–Crippen MR) is 93.3 cm³/mol. The average molecular weight is 345 g/mol. The second-order valence-electron chi connectivity index (χ2n) is 5.12. The van der Waals surface area contributed by atoms with Gasteiger partial charge in [-0.05, 0) is 32.0 Å². The van der Waals surface area contributed by atoms with Crippen LogP contribution in [0.4, 0.5) is 5.69 Å². The Balaban J connectivity index is 1.91. The van der Waals surface area contributed by atoms with Crippen LogP contribution in [0.5, 0.6) is 0 Å². The highest BCUT2D eigenvalue weighted by Crippen LogP contribution is 2.18. The smallest absolute Gasteiger partial charge is 0.339 e. The number of ether oxygens (including phenoxy) is 1. The molecule has 0 aliphatic heterocycles. The molecule has 1 aromatic carbocycles. The van der Waals surface area contributed by atoms with E-state index in [1.54, 1.807) is 24.3 Å². The Morgan fingerprint density at radius 2 is 1.83 bits per heavy atom. The Kier molecular flexibility index (Phi) is 6.31. The number of hydrogen-bond donors (Lipinski definition) is 1. The van der Waals surface area contributed by atoms with Crippen LogP contribution < -0.4 is 5.32 Å². The lowest BCUT2D eigenvalue weighted by atomic mass is 10.2. The fourth-order valence-corrected chi connectivity index (χ4v) is 2.97. The fraction of sp³-hybridized carbons (Fsp3) is 0.294. The highest BCUT2D eigenvalue weighted by molar-refractivity contribution is 7.99. The molecule has 2 rings (SSSR count). The first kappa shape index (κ1) is 17.9. The van der Waals surface area contributed by atoms with Gasteiger partial charge in [-0.1, -0.05) is 23.9 Å². The topological polar surface area (TPSA) is 81.2 Å². The largest absolute Gasteiger partial charge is 0.465 e. The monoisotopic (exact) mass is 345 g/mol. The Bertz CT molecular complexity index is 729. The van der Waals surface area contributed by atoms with Crippen LogP contribution in [-0.2, 0) is 9.53 Å². The molecule has 0 spiro atoms. The van der Waals surface area contributed by atoms with Gasteiger partial charge in [-0.25, -0.2) is 14.8 Å². The lowest BCUT2D eigenvalue weighted by Crippen LogP contribution is -2.15. The predicted octanol–water partition coefficient (Wildman–Crippen LogP) is 3.00. The number of methoxy groups -OCH3 is 1. The van der Waals surface area contributed by atoms with E-state index >= 15 is 0 Å². The van der Waals surface area contributed by atoms with Crippen LogP contribution in [0.2, 0.25) is 0 Å². The molecule has 1 heterocycles. The molecule has 0 aliphatic carbocycles. The Morgan fingerprint density at radius 1 is 1.17 bits per heavy atom. The van der Waals surface area contributed by atoms with E-state index in [-0.39, 0.29) is 12.3 Å². The van der Waals surface area contributed by atoms with E-state index in [1.165, 1.54) is 18.9 Å². The molecule has 7 heteroatoms. The summed E-state index contributed by atoms with van der Waals surface area (Å²) in [5.74, 6) is -0.109. The van der Waals surface area contributed by atoms with Gasteiger partial charge in [0.15, 0.2) is 5.16 Å². The van der Waals surface area contributed by atoms with E-state index in [0.717, 1.165) is 11.4 Å². The van der Waals surface area contributed by atoms with Crippen molar-refractivity contribution in [3.63, 3.8) is 0 Å².